The van der Waals surface area contributed by atoms with E-state index < -0.39 is 23.1 Å². The number of nitrogens with zero attached hydrogens (tertiary/aromatic N) is 1. The van der Waals surface area contributed by atoms with Gasteiger partial charge in [-0.3, -0.25) is 0 Å². The Morgan fingerprint density at radius 2 is 1.81 bits per heavy atom. The monoisotopic (exact) mass is 357 g/mol. The highest BCUT2D eigenvalue weighted by Crippen LogP contribution is 2.25. The summed E-state index contributed by atoms with van der Waals surface area (Å²) in [6.07, 6.45) is 1.41. The molecule has 0 radical (unpaired) electrons. The minimum atomic E-state index is -2.20. The number of pyridine rings is 1. The fraction of sp³-hybridized carbons (Fsp3) is 0.316. The summed E-state index contributed by atoms with van der Waals surface area (Å²) in [5.41, 5.74) is 4.11. The SMILES string of the molecule is CC(C)(C)OC(=O)[C@](N)(Cc1ccccc1Nc1ccccn1)C(=O)O. The molecule has 2 rings (SSSR count). The number of ether oxygens (including phenoxy) is 1. The van der Waals surface area contributed by atoms with Crippen LogP contribution >= 0.6 is 0 Å². The van der Waals surface area contributed by atoms with E-state index in [0.717, 1.165) is 0 Å². The Morgan fingerprint density at radius 3 is 2.38 bits per heavy atom. The summed E-state index contributed by atoms with van der Waals surface area (Å²) in [6.45, 7) is 4.97. The van der Waals surface area contributed by atoms with E-state index in [9.17, 15) is 14.7 Å². The highest BCUT2D eigenvalue weighted by atomic mass is 16.6. The minimum absolute atomic E-state index is 0.229. The molecule has 0 bridgehead atoms. The molecule has 0 fully saturated rings. The second-order valence-electron chi connectivity index (χ2n) is 6.95. The zero-order valence-corrected chi connectivity index (χ0v) is 15.0. The van der Waals surface area contributed by atoms with E-state index in [4.69, 9.17) is 10.5 Å². The largest absolute Gasteiger partial charge is 0.479 e. The van der Waals surface area contributed by atoms with Gasteiger partial charge in [-0.05, 0) is 44.5 Å². The van der Waals surface area contributed by atoms with Gasteiger partial charge in [0.05, 0.1) is 0 Å². The lowest BCUT2D eigenvalue weighted by Crippen LogP contribution is -2.58. The number of carbonyl (C=O) groups is 2. The zero-order valence-electron chi connectivity index (χ0n) is 15.0. The molecule has 0 saturated carbocycles. The maximum Gasteiger partial charge on any atom is 0.338 e. The lowest BCUT2D eigenvalue weighted by atomic mass is 9.90. The van der Waals surface area contributed by atoms with Crippen LogP contribution in [0.3, 0.4) is 0 Å². The quantitative estimate of drug-likeness (QED) is 0.537. The molecule has 1 heterocycles. The minimum Gasteiger partial charge on any atom is -0.479 e. The number of para-hydroxylation sites is 1. The van der Waals surface area contributed by atoms with Gasteiger partial charge in [0.25, 0.3) is 0 Å². The van der Waals surface area contributed by atoms with Crippen molar-refractivity contribution in [3.63, 3.8) is 0 Å². The fourth-order valence-corrected chi connectivity index (χ4v) is 2.28. The van der Waals surface area contributed by atoms with Crippen molar-refractivity contribution in [2.24, 2.45) is 5.73 Å². The van der Waals surface area contributed by atoms with E-state index in [1.807, 2.05) is 6.07 Å². The van der Waals surface area contributed by atoms with Crippen molar-refractivity contribution in [1.82, 2.24) is 4.98 Å². The summed E-state index contributed by atoms with van der Waals surface area (Å²) < 4.78 is 5.22. The lowest BCUT2D eigenvalue weighted by molar-refractivity contribution is -0.169. The number of nitrogens with two attached hydrogens (primary N) is 1. The third-order valence-corrected chi connectivity index (χ3v) is 3.56. The van der Waals surface area contributed by atoms with Gasteiger partial charge in [-0.15, -0.1) is 0 Å². The van der Waals surface area contributed by atoms with Crippen LogP contribution in [-0.2, 0) is 20.7 Å². The normalized spacial score (nSPS) is 13.5. The van der Waals surface area contributed by atoms with Crippen LogP contribution in [0.2, 0.25) is 0 Å². The number of benzene rings is 1. The van der Waals surface area contributed by atoms with Gasteiger partial charge < -0.3 is 20.9 Å². The molecular weight excluding hydrogens is 334 g/mol. The van der Waals surface area contributed by atoms with Gasteiger partial charge in [-0.1, -0.05) is 24.3 Å². The molecule has 26 heavy (non-hydrogen) atoms. The molecule has 0 aliphatic rings. The molecule has 1 aromatic carbocycles. The number of esters is 1. The van der Waals surface area contributed by atoms with Crippen molar-refractivity contribution in [3.05, 3.63) is 54.2 Å². The predicted octanol–water partition coefficient (Wildman–Crippen LogP) is 2.49. The van der Waals surface area contributed by atoms with Gasteiger partial charge in [0.15, 0.2) is 0 Å². The van der Waals surface area contributed by atoms with Gasteiger partial charge in [0.2, 0.25) is 5.54 Å². The molecule has 0 aliphatic carbocycles. The molecule has 7 heteroatoms. The molecular formula is C19H23N3O4. The third kappa shape index (κ3) is 4.80. The number of carboxylic acids is 1. The second kappa shape index (κ2) is 7.53. The smallest absolute Gasteiger partial charge is 0.338 e. The van der Waals surface area contributed by atoms with Crippen LogP contribution in [-0.4, -0.2) is 33.2 Å². The Balaban J connectivity index is 2.32. The average Bonchev–Trinajstić information content (AvgIpc) is 2.55. The topological polar surface area (TPSA) is 115 Å². The van der Waals surface area contributed by atoms with Crippen molar-refractivity contribution < 1.29 is 19.4 Å². The maximum atomic E-state index is 12.4. The van der Waals surface area contributed by atoms with Gasteiger partial charge in [-0.2, -0.15) is 0 Å². The molecule has 1 aromatic heterocycles. The molecule has 0 unspecified atom stereocenters. The Hall–Kier alpha value is -2.93. The van der Waals surface area contributed by atoms with Crippen LogP contribution in [0, 0.1) is 0 Å². The first kappa shape index (κ1) is 19.4. The van der Waals surface area contributed by atoms with Crippen molar-refractivity contribution in [3.8, 4) is 0 Å². The number of aromatic nitrogens is 1. The van der Waals surface area contributed by atoms with Gasteiger partial charge in [0.1, 0.15) is 11.4 Å². The number of hydrogen-bond donors (Lipinski definition) is 3. The number of aliphatic carboxylic acids is 1. The van der Waals surface area contributed by atoms with Crippen molar-refractivity contribution in [2.75, 3.05) is 5.32 Å². The van der Waals surface area contributed by atoms with Crippen LogP contribution in [0.1, 0.15) is 26.3 Å². The zero-order chi connectivity index (χ0) is 19.4. The van der Waals surface area contributed by atoms with Gasteiger partial charge in [0, 0.05) is 18.3 Å². The van der Waals surface area contributed by atoms with E-state index in [0.29, 0.717) is 17.1 Å². The highest BCUT2D eigenvalue weighted by molar-refractivity contribution is 6.04. The average molecular weight is 357 g/mol. The molecule has 138 valence electrons. The van der Waals surface area contributed by atoms with Crippen LogP contribution in [0.5, 0.6) is 0 Å². The van der Waals surface area contributed by atoms with Crippen molar-refractivity contribution >= 4 is 23.4 Å². The Labute approximate surface area is 152 Å². The van der Waals surface area contributed by atoms with E-state index >= 15 is 0 Å². The summed E-state index contributed by atoms with van der Waals surface area (Å²) in [5.74, 6) is -1.83. The van der Waals surface area contributed by atoms with Crippen LogP contribution in [0.4, 0.5) is 11.5 Å². The van der Waals surface area contributed by atoms with Gasteiger partial charge >= 0.3 is 11.9 Å². The van der Waals surface area contributed by atoms with Crippen molar-refractivity contribution in [1.29, 1.82) is 0 Å². The summed E-state index contributed by atoms with van der Waals surface area (Å²) >= 11 is 0. The lowest BCUT2D eigenvalue weighted by Gasteiger charge is -2.28. The molecule has 0 saturated heterocycles. The fourth-order valence-electron chi connectivity index (χ4n) is 2.28. The van der Waals surface area contributed by atoms with E-state index in [1.54, 1.807) is 63.4 Å². The predicted molar refractivity (Wildman–Crippen MR) is 98.1 cm³/mol. The first-order valence-corrected chi connectivity index (χ1v) is 8.13. The summed E-state index contributed by atoms with van der Waals surface area (Å²) in [7, 11) is 0. The summed E-state index contributed by atoms with van der Waals surface area (Å²) in [5, 5.41) is 12.7. The Morgan fingerprint density at radius 1 is 1.15 bits per heavy atom. The first-order chi connectivity index (χ1) is 12.1. The molecule has 0 amide bonds. The summed E-state index contributed by atoms with van der Waals surface area (Å²) in [4.78, 5) is 28.4. The molecule has 0 spiro atoms. The second-order valence-corrected chi connectivity index (χ2v) is 6.95. The third-order valence-electron chi connectivity index (χ3n) is 3.56. The summed E-state index contributed by atoms with van der Waals surface area (Å²) in [6, 6.07) is 12.4. The van der Waals surface area contributed by atoms with Crippen molar-refractivity contribution in [2.45, 2.75) is 38.3 Å². The van der Waals surface area contributed by atoms with Crippen LogP contribution in [0.25, 0.3) is 0 Å². The maximum absolute atomic E-state index is 12.4. The number of anilines is 2. The molecule has 1 atom stereocenters. The number of carboxylic acid groups (broad SMARTS) is 1. The standard InChI is InChI=1S/C19H23N3O4/c1-18(2,3)26-17(25)19(20,16(23)24)12-13-8-4-5-9-14(13)22-15-10-6-7-11-21-15/h4-11H,12,20H2,1-3H3,(H,21,22)(H,23,24)/t19-/m0/s1. The molecule has 0 aliphatic heterocycles. The first-order valence-electron chi connectivity index (χ1n) is 8.13. The Bertz CT molecular complexity index is 787. The molecule has 7 nitrogen and oxygen atoms in total. The number of nitrogens with one attached hydrogen (secondary N) is 1. The number of hydrogen-bond acceptors (Lipinski definition) is 6. The van der Waals surface area contributed by atoms with Crippen LogP contribution < -0.4 is 11.1 Å². The number of carbonyl (C=O) groups excluding carboxylic acids is 1. The van der Waals surface area contributed by atoms with Crippen LogP contribution in [0.15, 0.2) is 48.7 Å². The molecule has 2 aromatic rings. The van der Waals surface area contributed by atoms with E-state index in [-0.39, 0.29) is 6.42 Å². The number of rotatable bonds is 6. The Kier molecular flexibility index (Phi) is 5.62. The van der Waals surface area contributed by atoms with Gasteiger partial charge in [-0.25, -0.2) is 14.6 Å². The van der Waals surface area contributed by atoms with E-state index in [1.165, 1.54) is 0 Å². The highest BCUT2D eigenvalue weighted by Gasteiger charge is 2.46. The van der Waals surface area contributed by atoms with E-state index in [2.05, 4.69) is 10.3 Å². The molecule has 4 N–H and O–H groups in total.